The summed E-state index contributed by atoms with van der Waals surface area (Å²) in [6, 6.07) is 6.49. The second-order valence-corrected chi connectivity index (χ2v) is 6.89. The number of carbonyl (C=O) groups is 2. The number of rotatable bonds is 18. The average molecular weight is 425 g/mol. The van der Waals surface area contributed by atoms with E-state index in [9.17, 15) is 9.59 Å². The maximum absolute atomic E-state index is 12.4. The molecule has 0 radical (unpaired) electrons. The van der Waals surface area contributed by atoms with Crippen molar-refractivity contribution in [3.8, 4) is 0 Å². The van der Waals surface area contributed by atoms with Gasteiger partial charge in [0.05, 0.1) is 50.8 Å². The Morgan fingerprint density at radius 3 is 1.80 bits per heavy atom. The molecule has 0 aliphatic heterocycles. The van der Waals surface area contributed by atoms with Crippen molar-refractivity contribution in [2.45, 2.75) is 51.9 Å². The number of ether oxygens (including phenoxy) is 4. The van der Waals surface area contributed by atoms with E-state index in [1.54, 1.807) is 24.3 Å². The summed E-state index contributed by atoms with van der Waals surface area (Å²) in [6.45, 7) is 3.78. The first-order valence-electron chi connectivity index (χ1n) is 10.9. The van der Waals surface area contributed by atoms with Gasteiger partial charge in [-0.3, -0.25) is 0 Å². The van der Waals surface area contributed by atoms with E-state index in [4.69, 9.17) is 24.1 Å². The predicted molar refractivity (Wildman–Crippen MR) is 114 cm³/mol. The largest absolute Gasteiger partial charge is 0.462 e. The second kappa shape index (κ2) is 17.9. The van der Waals surface area contributed by atoms with Crippen LogP contribution in [-0.2, 0) is 18.9 Å². The fourth-order valence-corrected chi connectivity index (χ4v) is 2.80. The normalized spacial score (nSPS) is 10.7. The van der Waals surface area contributed by atoms with E-state index >= 15 is 0 Å². The first-order valence-corrected chi connectivity index (χ1v) is 10.9. The Kier molecular flexibility index (Phi) is 15.5. The van der Waals surface area contributed by atoms with Crippen molar-refractivity contribution in [3.05, 3.63) is 35.4 Å². The zero-order valence-electron chi connectivity index (χ0n) is 18.1. The van der Waals surface area contributed by atoms with Gasteiger partial charge in [0.25, 0.3) is 0 Å². The highest BCUT2D eigenvalue weighted by atomic mass is 16.6. The van der Waals surface area contributed by atoms with Gasteiger partial charge in [-0.25, -0.2) is 9.59 Å². The molecule has 0 fully saturated rings. The van der Waals surface area contributed by atoms with Crippen LogP contribution in [0.25, 0.3) is 0 Å². The summed E-state index contributed by atoms with van der Waals surface area (Å²) in [5.74, 6) is -1.09. The number of hydrogen-bond donors (Lipinski definition) is 1. The number of hydrogen-bond acceptors (Lipinski definition) is 7. The van der Waals surface area contributed by atoms with E-state index in [-0.39, 0.29) is 37.6 Å². The highest BCUT2D eigenvalue weighted by Gasteiger charge is 2.18. The number of benzene rings is 1. The minimum absolute atomic E-state index is 0.0293. The lowest BCUT2D eigenvalue weighted by Crippen LogP contribution is -2.17. The Morgan fingerprint density at radius 2 is 1.20 bits per heavy atom. The fraction of sp³-hybridized carbons (Fsp3) is 0.652. The molecule has 0 amide bonds. The summed E-state index contributed by atoms with van der Waals surface area (Å²) in [4.78, 5) is 24.7. The SMILES string of the molecule is CCCCCCCCCOC(=O)c1ccccc1C(=O)OCCOCCOCCO. The van der Waals surface area contributed by atoms with Crippen molar-refractivity contribution in [1.29, 1.82) is 0 Å². The van der Waals surface area contributed by atoms with Crippen LogP contribution in [0.2, 0.25) is 0 Å². The van der Waals surface area contributed by atoms with Gasteiger partial charge in [0.2, 0.25) is 0 Å². The molecule has 0 atom stereocenters. The molecule has 0 saturated carbocycles. The molecule has 7 heteroatoms. The zero-order valence-corrected chi connectivity index (χ0v) is 18.1. The number of esters is 2. The highest BCUT2D eigenvalue weighted by molar-refractivity contribution is 6.03. The van der Waals surface area contributed by atoms with Gasteiger partial charge < -0.3 is 24.1 Å². The Hall–Kier alpha value is -1.96. The van der Waals surface area contributed by atoms with Gasteiger partial charge in [0.1, 0.15) is 6.61 Å². The van der Waals surface area contributed by atoms with Crippen LogP contribution >= 0.6 is 0 Å². The van der Waals surface area contributed by atoms with Crippen LogP contribution in [0.1, 0.15) is 72.6 Å². The summed E-state index contributed by atoms with van der Waals surface area (Å²) in [7, 11) is 0. The summed E-state index contributed by atoms with van der Waals surface area (Å²) in [5.41, 5.74) is 0.400. The molecule has 7 nitrogen and oxygen atoms in total. The average Bonchev–Trinajstić information content (AvgIpc) is 2.77. The molecule has 0 spiro atoms. The van der Waals surface area contributed by atoms with Crippen molar-refractivity contribution >= 4 is 11.9 Å². The molecular weight excluding hydrogens is 388 g/mol. The maximum Gasteiger partial charge on any atom is 0.339 e. The predicted octanol–water partition coefficient (Wildman–Crippen LogP) is 3.78. The molecule has 1 aromatic rings. The quantitative estimate of drug-likeness (QED) is 0.283. The van der Waals surface area contributed by atoms with Crippen LogP contribution in [0.5, 0.6) is 0 Å². The molecule has 30 heavy (non-hydrogen) atoms. The minimum Gasteiger partial charge on any atom is -0.462 e. The molecule has 170 valence electrons. The molecule has 1 N–H and O–H groups in total. The smallest absolute Gasteiger partial charge is 0.339 e. The van der Waals surface area contributed by atoms with Crippen LogP contribution < -0.4 is 0 Å². The first kappa shape index (κ1) is 26.1. The van der Waals surface area contributed by atoms with E-state index in [1.807, 2.05) is 0 Å². The second-order valence-electron chi connectivity index (χ2n) is 6.89. The molecule has 0 aliphatic carbocycles. The van der Waals surface area contributed by atoms with Crippen molar-refractivity contribution in [1.82, 2.24) is 0 Å². The van der Waals surface area contributed by atoms with Gasteiger partial charge in [-0.2, -0.15) is 0 Å². The van der Waals surface area contributed by atoms with E-state index in [0.717, 1.165) is 19.3 Å². The summed E-state index contributed by atoms with van der Waals surface area (Å²) in [5, 5.41) is 8.59. The lowest BCUT2D eigenvalue weighted by Gasteiger charge is -2.10. The van der Waals surface area contributed by atoms with Gasteiger partial charge in [0.15, 0.2) is 0 Å². The molecule has 0 bridgehead atoms. The lowest BCUT2D eigenvalue weighted by molar-refractivity contribution is 0.00901. The molecule has 0 heterocycles. The first-order chi connectivity index (χ1) is 14.7. The topological polar surface area (TPSA) is 91.3 Å². The summed E-state index contributed by atoms with van der Waals surface area (Å²) < 4.78 is 20.8. The van der Waals surface area contributed by atoms with Gasteiger partial charge >= 0.3 is 11.9 Å². The maximum atomic E-state index is 12.4. The van der Waals surface area contributed by atoms with Crippen LogP contribution in [0.15, 0.2) is 24.3 Å². The van der Waals surface area contributed by atoms with E-state index in [1.165, 1.54) is 25.7 Å². The molecule has 1 aromatic carbocycles. The van der Waals surface area contributed by atoms with Gasteiger partial charge in [0, 0.05) is 0 Å². The van der Waals surface area contributed by atoms with E-state index in [2.05, 4.69) is 6.92 Å². The van der Waals surface area contributed by atoms with Crippen LogP contribution in [0.3, 0.4) is 0 Å². The molecule has 0 aromatic heterocycles. The minimum atomic E-state index is -0.585. The molecule has 0 aliphatic rings. The van der Waals surface area contributed by atoms with Crippen molar-refractivity contribution in [2.24, 2.45) is 0 Å². The van der Waals surface area contributed by atoms with E-state index < -0.39 is 11.9 Å². The third kappa shape index (κ3) is 11.9. The Morgan fingerprint density at radius 1 is 0.700 bits per heavy atom. The number of carbonyl (C=O) groups excluding carboxylic acids is 2. The molecule has 0 saturated heterocycles. The van der Waals surface area contributed by atoms with Crippen LogP contribution in [0, 0.1) is 0 Å². The fourth-order valence-electron chi connectivity index (χ4n) is 2.80. The Balaban J connectivity index is 2.29. The van der Waals surface area contributed by atoms with Gasteiger partial charge in [-0.05, 0) is 18.6 Å². The van der Waals surface area contributed by atoms with E-state index in [0.29, 0.717) is 19.8 Å². The third-order valence-electron chi connectivity index (χ3n) is 4.42. The van der Waals surface area contributed by atoms with Crippen molar-refractivity contribution < 1.29 is 33.6 Å². The number of aliphatic hydroxyl groups excluding tert-OH is 1. The molecular formula is C23H36O7. The Labute approximate surface area is 179 Å². The summed E-state index contributed by atoms with van der Waals surface area (Å²) in [6.07, 6.45) is 7.98. The summed E-state index contributed by atoms with van der Waals surface area (Å²) >= 11 is 0. The lowest BCUT2D eigenvalue weighted by atomic mass is 10.1. The monoisotopic (exact) mass is 424 g/mol. The van der Waals surface area contributed by atoms with Crippen LogP contribution in [-0.4, -0.2) is 63.3 Å². The Bertz CT molecular complexity index is 538. The van der Waals surface area contributed by atoms with Gasteiger partial charge in [-0.15, -0.1) is 0 Å². The standard InChI is InChI=1S/C23H36O7/c1-2-3-4-5-6-7-10-14-29-22(25)20-11-8-9-12-21(20)23(26)30-19-18-28-17-16-27-15-13-24/h8-9,11-12,24H,2-7,10,13-19H2,1H3. The zero-order chi connectivity index (χ0) is 21.9. The molecule has 0 unspecified atom stereocenters. The van der Waals surface area contributed by atoms with Gasteiger partial charge in [-0.1, -0.05) is 57.6 Å². The number of unbranched alkanes of at least 4 members (excludes halogenated alkanes) is 6. The third-order valence-corrected chi connectivity index (χ3v) is 4.42. The van der Waals surface area contributed by atoms with Crippen LogP contribution in [0.4, 0.5) is 0 Å². The van der Waals surface area contributed by atoms with Crippen molar-refractivity contribution in [2.75, 3.05) is 46.2 Å². The number of aliphatic hydroxyl groups is 1. The molecule has 1 rings (SSSR count). The highest BCUT2D eigenvalue weighted by Crippen LogP contribution is 2.13. The van der Waals surface area contributed by atoms with Crippen molar-refractivity contribution in [3.63, 3.8) is 0 Å².